The molecule has 0 saturated carbocycles. The van der Waals surface area contributed by atoms with Crippen molar-refractivity contribution in [2.45, 2.75) is 32.3 Å². The van der Waals surface area contributed by atoms with Crippen molar-refractivity contribution in [1.29, 1.82) is 0 Å². The van der Waals surface area contributed by atoms with Gasteiger partial charge in [-0.1, -0.05) is 18.2 Å². The van der Waals surface area contributed by atoms with Crippen LogP contribution in [0.25, 0.3) is 11.0 Å². The van der Waals surface area contributed by atoms with Gasteiger partial charge in [-0.15, -0.1) is 0 Å². The molecule has 1 N–H and O–H groups in total. The van der Waals surface area contributed by atoms with Gasteiger partial charge >= 0.3 is 0 Å². The molecule has 0 radical (unpaired) electrons. The molecule has 5 heteroatoms. The van der Waals surface area contributed by atoms with Crippen molar-refractivity contribution < 1.29 is 19.1 Å². The smallest absolute Gasteiger partial charge is 0.289 e. The van der Waals surface area contributed by atoms with E-state index in [1.165, 1.54) is 0 Å². The van der Waals surface area contributed by atoms with Crippen molar-refractivity contribution in [3.05, 3.63) is 35.1 Å². The Kier molecular flexibility index (Phi) is 4.17. The molecule has 1 aromatic carbocycles. The minimum absolute atomic E-state index is 0.0995. The molecule has 1 amide bonds. The second kappa shape index (κ2) is 5.98. The van der Waals surface area contributed by atoms with Crippen LogP contribution in [0.1, 0.15) is 34.5 Å². The Bertz CT molecular complexity index is 726. The third-order valence-electron chi connectivity index (χ3n) is 4.75. The van der Waals surface area contributed by atoms with Gasteiger partial charge in [0.15, 0.2) is 5.76 Å². The zero-order valence-electron chi connectivity index (χ0n) is 13.9. The number of hydrogen-bond donors (Lipinski definition) is 1. The third-order valence-corrected chi connectivity index (χ3v) is 4.75. The number of hydrogen-bond acceptors (Lipinski definition) is 4. The highest BCUT2D eigenvalue weighted by atomic mass is 16.5. The van der Waals surface area contributed by atoms with Gasteiger partial charge in [0.2, 0.25) is 0 Å². The van der Waals surface area contributed by atoms with Crippen LogP contribution in [0.5, 0.6) is 0 Å². The predicted molar refractivity (Wildman–Crippen MR) is 87.7 cm³/mol. The minimum Gasteiger partial charge on any atom is -0.450 e. The van der Waals surface area contributed by atoms with E-state index < -0.39 is 5.60 Å². The summed E-state index contributed by atoms with van der Waals surface area (Å²) in [4.78, 5) is 14.5. The van der Waals surface area contributed by atoms with Gasteiger partial charge in [0, 0.05) is 31.1 Å². The van der Waals surface area contributed by atoms with Gasteiger partial charge in [0.05, 0.1) is 12.2 Å². The third kappa shape index (κ3) is 2.86. The molecule has 0 bridgehead atoms. The van der Waals surface area contributed by atoms with Gasteiger partial charge in [-0.25, -0.2) is 0 Å². The highest BCUT2D eigenvalue weighted by molar-refractivity contribution is 5.99. The molecular formula is C18H23NO4. The van der Waals surface area contributed by atoms with Crippen molar-refractivity contribution in [2.75, 3.05) is 26.8 Å². The standard InChI is InChI=1S/C18H23NO4/c1-12-5-4-6-14-13(2)16(23-15(12)14)17(20)19-9-7-18(21,8-10-19)11-22-3/h4-6,21H,7-11H2,1-3H3. The SMILES string of the molecule is COCC1(O)CCN(C(=O)c2oc3c(C)cccc3c2C)CC1. The van der Waals surface area contributed by atoms with Gasteiger partial charge < -0.3 is 19.2 Å². The molecule has 5 nitrogen and oxygen atoms in total. The van der Waals surface area contributed by atoms with E-state index in [1.807, 2.05) is 32.0 Å². The molecule has 3 rings (SSSR count). The van der Waals surface area contributed by atoms with Crippen LogP contribution in [0, 0.1) is 13.8 Å². The highest BCUT2D eigenvalue weighted by Crippen LogP contribution is 2.30. The van der Waals surface area contributed by atoms with Gasteiger partial charge in [0.25, 0.3) is 5.91 Å². The number of rotatable bonds is 3. The van der Waals surface area contributed by atoms with Crippen LogP contribution in [0.3, 0.4) is 0 Å². The topological polar surface area (TPSA) is 62.9 Å². The number of ether oxygens (including phenoxy) is 1. The molecule has 2 aromatic rings. The molecule has 1 fully saturated rings. The number of fused-ring (bicyclic) bond motifs is 1. The lowest BCUT2D eigenvalue weighted by atomic mass is 9.92. The maximum atomic E-state index is 12.8. The summed E-state index contributed by atoms with van der Waals surface area (Å²) in [7, 11) is 1.58. The Hall–Kier alpha value is -1.85. The monoisotopic (exact) mass is 317 g/mol. The van der Waals surface area contributed by atoms with Gasteiger partial charge in [-0.2, -0.15) is 0 Å². The van der Waals surface area contributed by atoms with Crippen LogP contribution in [-0.4, -0.2) is 48.3 Å². The number of carbonyl (C=O) groups is 1. The fraction of sp³-hybridized carbons (Fsp3) is 0.500. The maximum Gasteiger partial charge on any atom is 0.289 e. The Morgan fingerprint density at radius 1 is 1.35 bits per heavy atom. The Labute approximate surface area is 135 Å². The average Bonchev–Trinajstić information content (AvgIpc) is 2.86. The molecule has 0 spiro atoms. The van der Waals surface area contributed by atoms with Crippen molar-refractivity contribution >= 4 is 16.9 Å². The maximum absolute atomic E-state index is 12.8. The highest BCUT2D eigenvalue weighted by Gasteiger charge is 2.35. The van der Waals surface area contributed by atoms with E-state index >= 15 is 0 Å². The molecule has 124 valence electrons. The molecule has 23 heavy (non-hydrogen) atoms. The first-order valence-electron chi connectivity index (χ1n) is 7.94. The second-order valence-corrected chi connectivity index (χ2v) is 6.46. The van der Waals surface area contributed by atoms with Gasteiger partial charge in [-0.05, 0) is 32.3 Å². The number of likely N-dealkylation sites (tertiary alicyclic amines) is 1. The predicted octanol–water partition coefficient (Wildman–Crippen LogP) is 2.66. The molecule has 1 aromatic heterocycles. The van der Waals surface area contributed by atoms with E-state index in [9.17, 15) is 9.90 Å². The first-order valence-corrected chi connectivity index (χ1v) is 7.94. The number of furan rings is 1. The normalized spacial score (nSPS) is 17.7. The van der Waals surface area contributed by atoms with E-state index in [0.717, 1.165) is 22.1 Å². The van der Waals surface area contributed by atoms with E-state index in [0.29, 0.717) is 38.3 Å². The number of para-hydroxylation sites is 1. The zero-order valence-corrected chi connectivity index (χ0v) is 13.9. The van der Waals surface area contributed by atoms with Crippen molar-refractivity contribution in [1.82, 2.24) is 4.90 Å². The summed E-state index contributed by atoms with van der Waals surface area (Å²) >= 11 is 0. The summed E-state index contributed by atoms with van der Waals surface area (Å²) < 4.78 is 10.9. The quantitative estimate of drug-likeness (QED) is 0.945. The molecule has 2 heterocycles. The lowest BCUT2D eigenvalue weighted by molar-refractivity contribution is -0.0665. The molecule has 0 unspecified atom stereocenters. The lowest BCUT2D eigenvalue weighted by Gasteiger charge is -2.37. The first-order chi connectivity index (χ1) is 10.9. The molecule has 0 atom stereocenters. The summed E-state index contributed by atoms with van der Waals surface area (Å²) in [5.41, 5.74) is 1.86. The van der Waals surface area contributed by atoms with Crippen molar-refractivity contribution in [3.63, 3.8) is 0 Å². The number of methoxy groups -OCH3 is 1. The Balaban J connectivity index is 1.82. The summed E-state index contributed by atoms with van der Waals surface area (Å²) in [6, 6.07) is 5.93. The summed E-state index contributed by atoms with van der Waals surface area (Å²) in [6.07, 6.45) is 1.04. The fourth-order valence-electron chi connectivity index (χ4n) is 3.27. The van der Waals surface area contributed by atoms with E-state index in [-0.39, 0.29) is 5.91 Å². The van der Waals surface area contributed by atoms with Crippen LogP contribution < -0.4 is 0 Å². The van der Waals surface area contributed by atoms with Crippen LogP contribution in [0.2, 0.25) is 0 Å². The number of piperidine rings is 1. The van der Waals surface area contributed by atoms with Crippen molar-refractivity contribution in [3.8, 4) is 0 Å². The Morgan fingerprint density at radius 3 is 2.65 bits per heavy atom. The molecule has 1 saturated heterocycles. The minimum atomic E-state index is -0.828. The number of amides is 1. The van der Waals surface area contributed by atoms with Crippen LogP contribution in [0.4, 0.5) is 0 Å². The van der Waals surface area contributed by atoms with Gasteiger partial charge in [-0.3, -0.25) is 4.79 Å². The van der Waals surface area contributed by atoms with Crippen LogP contribution in [-0.2, 0) is 4.74 Å². The number of carbonyl (C=O) groups excluding carboxylic acids is 1. The Morgan fingerprint density at radius 2 is 2.04 bits per heavy atom. The lowest BCUT2D eigenvalue weighted by Crippen LogP contribution is -2.48. The summed E-state index contributed by atoms with van der Waals surface area (Å²) in [6.45, 7) is 5.22. The summed E-state index contributed by atoms with van der Waals surface area (Å²) in [5, 5.41) is 11.3. The molecule has 1 aliphatic rings. The molecule has 0 aliphatic carbocycles. The largest absolute Gasteiger partial charge is 0.450 e. The molecule has 1 aliphatic heterocycles. The number of aliphatic hydroxyl groups is 1. The van der Waals surface area contributed by atoms with Crippen LogP contribution >= 0.6 is 0 Å². The zero-order chi connectivity index (χ0) is 16.6. The number of aryl methyl sites for hydroxylation is 2. The van der Waals surface area contributed by atoms with Crippen molar-refractivity contribution in [2.24, 2.45) is 0 Å². The van der Waals surface area contributed by atoms with E-state index in [2.05, 4.69) is 0 Å². The average molecular weight is 317 g/mol. The number of benzene rings is 1. The van der Waals surface area contributed by atoms with Crippen LogP contribution in [0.15, 0.2) is 22.6 Å². The fourth-order valence-corrected chi connectivity index (χ4v) is 3.27. The van der Waals surface area contributed by atoms with E-state index in [1.54, 1.807) is 12.0 Å². The molecular weight excluding hydrogens is 294 g/mol. The first kappa shape index (κ1) is 16.0. The second-order valence-electron chi connectivity index (χ2n) is 6.46. The summed E-state index contributed by atoms with van der Waals surface area (Å²) in [5.74, 6) is 0.309. The van der Waals surface area contributed by atoms with Gasteiger partial charge in [0.1, 0.15) is 5.58 Å². The van der Waals surface area contributed by atoms with E-state index in [4.69, 9.17) is 9.15 Å². The number of nitrogens with zero attached hydrogens (tertiary/aromatic N) is 1.